The van der Waals surface area contributed by atoms with Crippen LogP contribution in [0.25, 0.3) is 11.2 Å². The number of aliphatic hydroxyl groups is 2. The lowest BCUT2D eigenvalue weighted by Gasteiger charge is -2.23. The van der Waals surface area contributed by atoms with Crippen LogP contribution in [0.5, 0.6) is 0 Å². The Morgan fingerprint density at radius 3 is 2.64 bits per heavy atom. The maximum Gasteiger partial charge on any atom is 0.303 e. The van der Waals surface area contributed by atoms with Crippen molar-refractivity contribution in [1.82, 2.24) is 39.7 Å². The molecule has 4 atom stereocenters. The molecule has 3 aromatic heterocycles. The van der Waals surface area contributed by atoms with Gasteiger partial charge in [0, 0.05) is 20.0 Å². The first-order valence-electron chi connectivity index (χ1n) is 14.7. The second-order valence-electron chi connectivity index (χ2n) is 11.9. The number of aryl methyl sites for hydroxylation is 1. The Bertz CT molecular complexity index is 1550. The van der Waals surface area contributed by atoms with Gasteiger partial charge in [0.2, 0.25) is 11.8 Å². The van der Waals surface area contributed by atoms with Crippen molar-refractivity contribution in [3.63, 3.8) is 0 Å². The van der Waals surface area contributed by atoms with Gasteiger partial charge in [0.25, 0.3) is 0 Å². The molecule has 15 nitrogen and oxygen atoms in total. The summed E-state index contributed by atoms with van der Waals surface area (Å²) in [5.41, 5.74) is 2.02. The van der Waals surface area contributed by atoms with Gasteiger partial charge < -0.3 is 29.9 Å². The highest BCUT2D eigenvalue weighted by Gasteiger charge is 2.50. The maximum absolute atomic E-state index is 12.0. The predicted octanol–water partition coefficient (Wildman–Crippen LogP) is 2.24. The Morgan fingerprint density at radius 1 is 1.20 bits per heavy atom. The number of fused-ring (bicyclic) bond motifs is 1. The molecule has 0 saturated carbocycles. The summed E-state index contributed by atoms with van der Waals surface area (Å²) in [6.07, 6.45) is -1.41. The van der Waals surface area contributed by atoms with Crippen LogP contribution in [0.4, 0.5) is 11.8 Å². The Morgan fingerprint density at radius 2 is 1.98 bits per heavy atom. The third-order valence-corrected chi connectivity index (χ3v) is 7.34. The van der Waals surface area contributed by atoms with Crippen molar-refractivity contribution in [3.8, 4) is 0 Å². The normalized spacial score (nSPS) is 20.2. The molecule has 4 heterocycles. The SMILES string of the molecule is CCn1nnc([C@H]2O[C@@H](n3cnc4c(NCCC(C)(C)C)nc(N(CO)CCc5ccccc5)nc43)[C@H](O)[C@@H]2OC(C)=O)n1. The number of hydrogen-bond acceptors (Lipinski definition) is 13. The molecule has 1 saturated heterocycles. The van der Waals surface area contributed by atoms with Gasteiger partial charge in [-0.15, -0.1) is 10.2 Å². The first kappa shape index (κ1) is 31.2. The van der Waals surface area contributed by atoms with Crippen LogP contribution in [0, 0.1) is 5.41 Å². The lowest BCUT2D eigenvalue weighted by molar-refractivity contribution is -0.153. The van der Waals surface area contributed by atoms with Gasteiger partial charge in [-0.05, 0) is 36.0 Å². The van der Waals surface area contributed by atoms with Crippen molar-refractivity contribution in [2.75, 3.05) is 30.0 Å². The van der Waals surface area contributed by atoms with E-state index in [0.29, 0.717) is 43.0 Å². The second-order valence-corrected chi connectivity index (χ2v) is 11.9. The fourth-order valence-corrected chi connectivity index (χ4v) is 4.97. The van der Waals surface area contributed by atoms with Gasteiger partial charge in [0.1, 0.15) is 12.8 Å². The molecule has 0 aliphatic carbocycles. The molecule has 4 aromatic rings. The van der Waals surface area contributed by atoms with E-state index >= 15 is 0 Å². The third kappa shape index (κ3) is 6.95. The predicted molar refractivity (Wildman–Crippen MR) is 160 cm³/mol. The van der Waals surface area contributed by atoms with Crippen LogP contribution in [0.1, 0.15) is 64.8 Å². The lowest BCUT2D eigenvalue weighted by atomic mass is 9.92. The molecule has 44 heavy (non-hydrogen) atoms. The first-order chi connectivity index (χ1) is 21.1. The van der Waals surface area contributed by atoms with Crippen LogP contribution >= 0.6 is 0 Å². The van der Waals surface area contributed by atoms with E-state index in [-0.39, 0.29) is 23.9 Å². The molecule has 0 spiro atoms. The fraction of sp³-hybridized carbons (Fsp3) is 0.552. The number of nitrogens with zero attached hydrogens (tertiary/aromatic N) is 9. The summed E-state index contributed by atoms with van der Waals surface area (Å²) in [5, 5.41) is 37.5. The van der Waals surface area contributed by atoms with E-state index in [1.807, 2.05) is 37.3 Å². The second kappa shape index (κ2) is 13.2. The van der Waals surface area contributed by atoms with E-state index < -0.39 is 30.5 Å². The number of aliphatic hydroxyl groups excluding tert-OH is 2. The number of ether oxygens (including phenoxy) is 2. The van der Waals surface area contributed by atoms with Gasteiger partial charge in [-0.25, -0.2) is 4.98 Å². The molecule has 0 amide bonds. The first-order valence-corrected chi connectivity index (χ1v) is 14.7. The van der Waals surface area contributed by atoms with Crippen LogP contribution in [0.3, 0.4) is 0 Å². The zero-order valence-corrected chi connectivity index (χ0v) is 25.7. The Hall–Kier alpha value is -4.21. The summed E-state index contributed by atoms with van der Waals surface area (Å²) in [6.45, 7) is 10.8. The molecule has 15 heteroatoms. The molecule has 1 fully saturated rings. The monoisotopic (exact) mass is 608 g/mol. The molecule has 236 valence electrons. The molecule has 1 aromatic carbocycles. The molecular weight excluding hydrogens is 568 g/mol. The summed E-state index contributed by atoms with van der Waals surface area (Å²) >= 11 is 0. The molecule has 1 aliphatic rings. The highest BCUT2D eigenvalue weighted by Crippen LogP contribution is 2.41. The van der Waals surface area contributed by atoms with Crippen molar-refractivity contribution in [3.05, 3.63) is 48.0 Å². The summed E-state index contributed by atoms with van der Waals surface area (Å²) in [7, 11) is 0. The van der Waals surface area contributed by atoms with E-state index in [0.717, 1.165) is 12.0 Å². The number of carbonyl (C=O) groups is 1. The topological polar surface area (TPSA) is 178 Å². The summed E-state index contributed by atoms with van der Waals surface area (Å²) in [4.78, 5) is 29.2. The number of rotatable bonds is 12. The number of imidazole rings is 1. The van der Waals surface area contributed by atoms with E-state index in [4.69, 9.17) is 19.4 Å². The smallest absolute Gasteiger partial charge is 0.303 e. The zero-order chi connectivity index (χ0) is 31.4. The largest absolute Gasteiger partial charge is 0.456 e. The minimum Gasteiger partial charge on any atom is -0.456 e. The van der Waals surface area contributed by atoms with Crippen molar-refractivity contribution >= 4 is 28.9 Å². The van der Waals surface area contributed by atoms with Gasteiger partial charge in [0.05, 0.1) is 12.9 Å². The number of carbonyl (C=O) groups excluding carboxylic acids is 1. The van der Waals surface area contributed by atoms with E-state index in [2.05, 4.69) is 46.5 Å². The fourth-order valence-electron chi connectivity index (χ4n) is 4.97. The number of hydrogen-bond donors (Lipinski definition) is 3. The molecule has 0 bridgehead atoms. The number of esters is 1. The molecule has 0 radical (unpaired) electrons. The van der Waals surface area contributed by atoms with Crippen LogP contribution in [0.15, 0.2) is 36.7 Å². The van der Waals surface area contributed by atoms with Crippen molar-refractivity contribution in [2.45, 2.75) is 78.5 Å². The maximum atomic E-state index is 12.0. The molecule has 3 N–H and O–H groups in total. The average Bonchev–Trinajstić information content (AvgIpc) is 3.71. The lowest BCUT2D eigenvalue weighted by Crippen LogP contribution is -2.33. The Labute approximate surface area is 255 Å². The van der Waals surface area contributed by atoms with Crippen molar-refractivity contribution in [2.24, 2.45) is 5.41 Å². The van der Waals surface area contributed by atoms with Gasteiger partial charge in [-0.1, -0.05) is 51.1 Å². The van der Waals surface area contributed by atoms with Gasteiger partial charge in [-0.3, -0.25) is 9.36 Å². The van der Waals surface area contributed by atoms with E-state index in [1.165, 1.54) is 18.0 Å². The Balaban J connectivity index is 1.52. The number of aromatic nitrogens is 8. The van der Waals surface area contributed by atoms with Crippen molar-refractivity contribution < 1.29 is 24.5 Å². The van der Waals surface area contributed by atoms with Crippen LogP contribution < -0.4 is 10.2 Å². The summed E-state index contributed by atoms with van der Waals surface area (Å²) < 4.78 is 13.3. The third-order valence-electron chi connectivity index (χ3n) is 7.34. The van der Waals surface area contributed by atoms with Crippen LogP contribution in [-0.2, 0) is 27.2 Å². The minimum absolute atomic E-state index is 0.0876. The standard InChI is InChI=1S/C29H40N10O5/c1-6-39-35-25(34-36-39)23-22(43-18(2)41)21(42)27(44-23)38-16-31-20-24(30-14-13-29(3,4)5)32-28(33-26(20)38)37(17-40)15-12-19-10-8-7-9-11-19/h7-11,16,21-23,27,40,42H,6,12-15,17H2,1-5H3,(H,30,32,33)/t21-,22+,23+,27-/m1/s1. The molecule has 1 aliphatic heterocycles. The Kier molecular flexibility index (Phi) is 9.36. The average molecular weight is 609 g/mol. The van der Waals surface area contributed by atoms with Crippen LogP contribution in [0.2, 0.25) is 0 Å². The van der Waals surface area contributed by atoms with E-state index in [9.17, 15) is 15.0 Å². The summed E-state index contributed by atoms with van der Waals surface area (Å²) in [5.74, 6) is 0.355. The van der Waals surface area contributed by atoms with Crippen molar-refractivity contribution in [1.29, 1.82) is 0 Å². The summed E-state index contributed by atoms with van der Waals surface area (Å²) in [6, 6.07) is 9.95. The number of benzene rings is 1. The van der Waals surface area contributed by atoms with Gasteiger partial charge >= 0.3 is 5.97 Å². The zero-order valence-electron chi connectivity index (χ0n) is 25.7. The highest BCUT2D eigenvalue weighted by molar-refractivity contribution is 5.84. The molecule has 5 rings (SSSR count). The highest BCUT2D eigenvalue weighted by atomic mass is 16.6. The minimum atomic E-state index is -1.31. The number of tetrazole rings is 1. The molecular formula is C29H40N10O5. The quantitative estimate of drug-likeness (QED) is 0.158. The van der Waals surface area contributed by atoms with Gasteiger partial charge in [0.15, 0.2) is 35.4 Å². The van der Waals surface area contributed by atoms with Crippen LogP contribution in [-0.4, -0.2) is 87.9 Å². The van der Waals surface area contributed by atoms with Gasteiger partial charge in [-0.2, -0.15) is 14.8 Å². The molecule has 0 unspecified atom stereocenters. The van der Waals surface area contributed by atoms with E-state index in [1.54, 1.807) is 9.47 Å². The number of anilines is 2. The number of nitrogens with one attached hydrogen (secondary N) is 1.